The molecule has 0 unspecified atom stereocenters. The number of amides is 1. The third-order valence-corrected chi connectivity index (χ3v) is 5.34. The van der Waals surface area contributed by atoms with E-state index in [9.17, 15) is 4.79 Å². The smallest absolute Gasteiger partial charge is 0.254 e. The van der Waals surface area contributed by atoms with Gasteiger partial charge in [-0.2, -0.15) is 0 Å². The number of hydrogen-bond donors (Lipinski definition) is 1. The Labute approximate surface area is 140 Å². The lowest BCUT2D eigenvalue weighted by molar-refractivity contribution is 0.0747. The molecule has 2 aromatic heterocycles. The van der Waals surface area contributed by atoms with Crippen molar-refractivity contribution in [3.05, 3.63) is 38.4 Å². The Kier molecular flexibility index (Phi) is 4.29. The summed E-state index contributed by atoms with van der Waals surface area (Å²) in [4.78, 5) is 20.5. The zero-order chi connectivity index (χ0) is 14.8. The van der Waals surface area contributed by atoms with Crippen LogP contribution in [0.1, 0.15) is 10.4 Å². The van der Waals surface area contributed by atoms with Gasteiger partial charge in [0.05, 0.1) is 26.0 Å². The molecule has 5 nitrogen and oxygen atoms in total. The first-order valence-electron chi connectivity index (χ1n) is 6.63. The number of halogens is 1. The SMILES string of the molecule is Nc1cnccc1N1CCN(C(=O)c2csc(I)c2)CC1. The van der Waals surface area contributed by atoms with Crippen LogP contribution >= 0.6 is 33.9 Å². The third kappa shape index (κ3) is 3.13. The number of carbonyl (C=O) groups excluding carboxylic acids is 1. The van der Waals surface area contributed by atoms with E-state index in [4.69, 9.17) is 5.73 Å². The van der Waals surface area contributed by atoms with Crippen molar-refractivity contribution in [2.45, 2.75) is 0 Å². The Morgan fingerprint density at radius 3 is 2.71 bits per heavy atom. The predicted octanol–water partition coefficient (Wildman–Crippen LogP) is 2.29. The van der Waals surface area contributed by atoms with Gasteiger partial charge in [0.1, 0.15) is 0 Å². The summed E-state index contributed by atoms with van der Waals surface area (Å²) in [7, 11) is 0. The second kappa shape index (κ2) is 6.18. The molecule has 0 aliphatic carbocycles. The molecule has 0 spiro atoms. The number of carbonyl (C=O) groups is 1. The van der Waals surface area contributed by atoms with Gasteiger partial charge >= 0.3 is 0 Å². The standard InChI is InChI=1S/C14H15IN4OS/c15-13-7-10(9-21-13)14(20)19-5-3-18(4-6-19)12-1-2-17-8-11(12)16/h1-2,7-9H,3-6,16H2. The lowest BCUT2D eigenvalue weighted by atomic mass is 10.2. The van der Waals surface area contributed by atoms with Crippen LogP contribution in [0.4, 0.5) is 11.4 Å². The average molecular weight is 414 g/mol. The summed E-state index contributed by atoms with van der Waals surface area (Å²) in [6, 6.07) is 3.87. The predicted molar refractivity (Wildman–Crippen MR) is 93.8 cm³/mol. The molecule has 0 saturated carbocycles. The molecule has 0 bridgehead atoms. The Morgan fingerprint density at radius 1 is 1.33 bits per heavy atom. The molecular weight excluding hydrogens is 399 g/mol. The normalized spacial score (nSPS) is 15.3. The van der Waals surface area contributed by atoms with E-state index in [1.165, 1.54) is 0 Å². The molecule has 7 heteroatoms. The molecule has 1 amide bonds. The third-order valence-electron chi connectivity index (χ3n) is 3.55. The molecular formula is C14H15IN4OS. The highest BCUT2D eigenvalue weighted by Crippen LogP contribution is 2.24. The zero-order valence-corrected chi connectivity index (χ0v) is 14.3. The highest BCUT2D eigenvalue weighted by atomic mass is 127. The van der Waals surface area contributed by atoms with Crippen LogP contribution in [0.15, 0.2) is 29.9 Å². The highest BCUT2D eigenvalue weighted by Gasteiger charge is 2.23. The molecule has 0 aromatic carbocycles. The van der Waals surface area contributed by atoms with Crippen LogP contribution in [0.3, 0.4) is 0 Å². The van der Waals surface area contributed by atoms with Gasteiger partial charge in [-0.25, -0.2) is 0 Å². The number of thiophene rings is 1. The van der Waals surface area contributed by atoms with Crippen LogP contribution in [-0.4, -0.2) is 42.0 Å². The molecule has 21 heavy (non-hydrogen) atoms. The lowest BCUT2D eigenvalue weighted by Gasteiger charge is -2.36. The van der Waals surface area contributed by atoms with Gasteiger partial charge in [0.15, 0.2) is 0 Å². The summed E-state index contributed by atoms with van der Waals surface area (Å²) in [5.41, 5.74) is 8.44. The van der Waals surface area contributed by atoms with E-state index in [-0.39, 0.29) is 5.91 Å². The van der Waals surface area contributed by atoms with Gasteiger partial charge in [-0.1, -0.05) is 0 Å². The Hall–Kier alpha value is -1.35. The van der Waals surface area contributed by atoms with Crippen LogP contribution in [0.25, 0.3) is 0 Å². The molecule has 0 radical (unpaired) electrons. The highest BCUT2D eigenvalue weighted by molar-refractivity contribution is 14.1. The first kappa shape index (κ1) is 14.6. The van der Waals surface area contributed by atoms with Gasteiger partial charge in [-0.05, 0) is 34.7 Å². The number of nitrogens with zero attached hydrogens (tertiary/aromatic N) is 3. The van der Waals surface area contributed by atoms with Gasteiger partial charge in [-0.15, -0.1) is 11.3 Å². The van der Waals surface area contributed by atoms with Crippen LogP contribution in [0, 0.1) is 2.88 Å². The largest absolute Gasteiger partial charge is 0.396 e. The molecule has 2 N–H and O–H groups in total. The van der Waals surface area contributed by atoms with Gasteiger partial charge in [0.25, 0.3) is 5.91 Å². The minimum absolute atomic E-state index is 0.122. The number of piperazine rings is 1. The number of nitrogens with two attached hydrogens (primary N) is 1. The van der Waals surface area contributed by atoms with E-state index in [0.29, 0.717) is 18.8 Å². The second-order valence-electron chi connectivity index (χ2n) is 4.85. The van der Waals surface area contributed by atoms with Gasteiger partial charge in [-0.3, -0.25) is 9.78 Å². The lowest BCUT2D eigenvalue weighted by Crippen LogP contribution is -2.48. The molecule has 1 fully saturated rings. The van der Waals surface area contributed by atoms with Crippen LogP contribution in [-0.2, 0) is 0 Å². The maximum Gasteiger partial charge on any atom is 0.254 e. The minimum atomic E-state index is 0.122. The number of anilines is 2. The monoisotopic (exact) mass is 414 g/mol. The van der Waals surface area contributed by atoms with Crippen molar-refractivity contribution in [3.63, 3.8) is 0 Å². The summed E-state index contributed by atoms with van der Waals surface area (Å²) in [6.07, 6.45) is 3.41. The summed E-state index contributed by atoms with van der Waals surface area (Å²) < 4.78 is 1.14. The number of aromatic nitrogens is 1. The van der Waals surface area contributed by atoms with E-state index in [1.54, 1.807) is 23.7 Å². The summed E-state index contributed by atoms with van der Waals surface area (Å²) >= 11 is 3.84. The second-order valence-corrected chi connectivity index (χ2v) is 7.66. The van der Waals surface area contributed by atoms with Crippen molar-refractivity contribution < 1.29 is 4.79 Å². The summed E-state index contributed by atoms with van der Waals surface area (Å²) in [5, 5.41) is 1.93. The maximum absolute atomic E-state index is 12.4. The van der Waals surface area contributed by atoms with Crippen LogP contribution in [0.5, 0.6) is 0 Å². The molecule has 110 valence electrons. The van der Waals surface area contributed by atoms with Crippen molar-refractivity contribution >= 4 is 51.2 Å². The fourth-order valence-corrected chi connectivity index (χ4v) is 3.76. The summed E-state index contributed by atoms with van der Waals surface area (Å²) in [6.45, 7) is 3.02. The van der Waals surface area contributed by atoms with Gasteiger partial charge in [0, 0.05) is 37.8 Å². The molecule has 1 aliphatic rings. The van der Waals surface area contributed by atoms with E-state index < -0.39 is 0 Å². The Balaban J connectivity index is 1.65. The van der Waals surface area contributed by atoms with Crippen molar-refractivity contribution in [2.75, 3.05) is 36.8 Å². The molecule has 3 rings (SSSR count). The van der Waals surface area contributed by atoms with Crippen molar-refractivity contribution in [1.29, 1.82) is 0 Å². The molecule has 2 aromatic rings. The van der Waals surface area contributed by atoms with E-state index in [2.05, 4.69) is 32.5 Å². The molecule has 1 aliphatic heterocycles. The number of hydrogen-bond acceptors (Lipinski definition) is 5. The number of rotatable bonds is 2. The quantitative estimate of drug-likeness (QED) is 0.767. The fraction of sp³-hybridized carbons (Fsp3) is 0.286. The first-order chi connectivity index (χ1) is 10.1. The topological polar surface area (TPSA) is 62.5 Å². The van der Waals surface area contributed by atoms with Crippen LogP contribution in [0.2, 0.25) is 0 Å². The van der Waals surface area contributed by atoms with Crippen molar-refractivity contribution in [2.24, 2.45) is 0 Å². The minimum Gasteiger partial charge on any atom is -0.396 e. The fourth-order valence-electron chi connectivity index (χ4n) is 2.44. The summed E-state index contributed by atoms with van der Waals surface area (Å²) in [5.74, 6) is 0.122. The number of pyridine rings is 1. The Bertz CT molecular complexity index is 652. The van der Waals surface area contributed by atoms with Gasteiger partial charge in [0.2, 0.25) is 0 Å². The zero-order valence-electron chi connectivity index (χ0n) is 11.3. The van der Waals surface area contributed by atoms with Crippen molar-refractivity contribution in [3.8, 4) is 0 Å². The Morgan fingerprint density at radius 2 is 2.10 bits per heavy atom. The maximum atomic E-state index is 12.4. The van der Waals surface area contributed by atoms with E-state index in [0.717, 1.165) is 27.2 Å². The molecule has 0 atom stereocenters. The van der Waals surface area contributed by atoms with Gasteiger partial charge < -0.3 is 15.5 Å². The van der Waals surface area contributed by atoms with Crippen molar-refractivity contribution in [1.82, 2.24) is 9.88 Å². The van der Waals surface area contributed by atoms with E-state index in [1.807, 2.05) is 22.4 Å². The molecule has 3 heterocycles. The van der Waals surface area contributed by atoms with Crippen LogP contribution < -0.4 is 10.6 Å². The number of nitrogen functional groups attached to an aromatic ring is 1. The molecule has 1 saturated heterocycles. The average Bonchev–Trinajstić information content (AvgIpc) is 2.94. The van der Waals surface area contributed by atoms with E-state index >= 15 is 0 Å². The first-order valence-corrected chi connectivity index (χ1v) is 8.59.